The number of aliphatic hydroxyl groups is 4. The van der Waals surface area contributed by atoms with Crippen molar-refractivity contribution in [1.29, 1.82) is 0 Å². The van der Waals surface area contributed by atoms with Crippen LogP contribution in [0, 0.1) is 11.8 Å². The van der Waals surface area contributed by atoms with Crippen LogP contribution in [0.5, 0.6) is 0 Å². The molecule has 0 aromatic rings. The SMILES string of the molecule is C/C(=C\CCCOC1OC(CO)C(O)C(O)C1O)CCCC(C)CCCC(C)C. The third-order valence-electron chi connectivity index (χ3n) is 5.72. The van der Waals surface area contributed by atoms with Crippen molar-refractivity contribution >= 4 is 0 Å². The van der Waals surface area contributed by atoms with Crippen LogP contribution in [0.3, 0.4) is 0 Å². The van der Waals surface area contributed by atoms with Crippen molar-refractivity contribution in [1.82, 2.24) is 0 Å². The maximum atomic E-state index is 9.94. The van der Waals surface area contributed by atoms with Crippen molar-refractivity contribution in [3.63, 3.8) is 0 Å². The molecule has 0 amide bonds. The molecule has 1 aliphatic heterocycles. The van der Waals surface area contributed by atoms with Crippen molar-refractivity contribution in [2.75, 3.05) is 13.2 Å². The Morgan fingerprint density at radius 1 is 0.966 bits per heavy atom. The molecule has 6 unspecified atom stereocenters. The summed E-state index contributed by atoms with van der Waals surface area (Å²) in [7, 11) is 0. The fourth-order valence-electron chi connectivity index (χ4n) is 3.69. The van der Waals surface area contributed by atoms with E-state index in [0.717, 1.165) is 31.1 Å². The van der Waals surface area contributed by atoms with Crippen LogP contribution in [0.1, 0.15) is 79.1 Å². The molecule has 1 heterocycles. The standard InChI is InChI=1S/C23H44O6/c1-16(2)9-7-11-18(4)13-8-12-17(3)10-5-6-14-28-23-22(27)21(26)20(25)19(15-24)29-23/h10,16,18-27H,5-9,11-15H2,1-4H3/b17-10+. The van der Waals surface area contributed by atoms with Crippen LogP contribution in [0.15, 0.2) is 11.6 Å². The van der Waals surface area contributed by atoms with Gasteiger partial charge >= 0.3 is 0 Å². The van der Waals surface area contributed by atoms with E-state index in [4.69, 9.17) is 9.47 Å². The first-order valence-electron chi connectivity index (χ1n) is 11.3. The monoisotopic (exact) mass is 416 g/mol. The molecule has 0 aliphatic carbocycles. The molecule has 29 heavy (non-hydrogen) atoms. The largest absolute Gasteiger partial charge is 0.394 e. The van der Waals surface area contributed by atoms with E-state index in [1.807, 2.05) is 0 Å². The second-order valence-corrected chi connectivity index (χ2v) is 9.08. The van der Waals surface area contributed by atoms with Gasteiger partial charge in [0.05, 0.1) is 13.2 Å². The normalized spacial score (nSPS) is 29.4. The number of aliphatic hydroxyl groups excluding tert-OH is 4. The molecule has 0 bridgehead atoms. The Labute approximate surface area is 176 Å². The Bertz CT molecular complexity index is 451. The van der Waals surface area contributed by atoms with Crippen molar-refractivity contribution in [3.8, 4) is 0 Å². The van der Waals surface area contributed by atoms with Crippen molar-refractivity contribution < 1.29 is 29.9 Å². The predicted octanol–water partition coefficient (Wildman–Crippen LogP) is 3.16. The number of rotatable bonds is 14. The fraction of sp³-hybridized carbons (Fsp3) is 0.913. The van der Waals surface area contributed by atoms with Gasteiger partial charge in [-0.05, 0) is 44.4 Å². The summed E-state index contributed by atoms with van der Waals surface area (Å²) in [6.45, 7) is 9.03. The van der Waals surface area contributed by atoms with Gasteiger partial charge in [-0.15, -0.1) is 0 Å². The summed E-state index contributed by atoms with van der Waals surface area (Å²) in [6.07, 6.45) is 5.50. The van der Waals surface area contributed by atoms with Gasteiger partial charge in [-0.3, -0.25) is 0 Å². The first-order chi connectivity index (χ1) is 13.8. The Kier molecular flexibility index (Phi) is 13.3. The van der Waals surface area contributed by atoms with E-state index >= 15 is 0 Å². The zero-order chi connectivity index (χ0) is 21.8. The van der Waals surface area contributed by atoms with E-state index < -0.39 is 37.3 Å². The Hall–Kier alpha value is -0.500. The number of unbranched alkanes of at least 4 members (excludes halogenated alkanes) is 1. The van der Waals surface area contributed by atoms with Crippen molar-refractivity contribution in [3.05, 3.63) is 11.6 Å². The quantitative estimate of drug-likeness (QED) is 0.256. The van der Waals surface area contributed by atoms with Gasteiger partial charge in [0.2, 0.25) is 0 Å². The summed E-state index contributed by atoms with van der Waals surface area (Å²) >= 11 is 0. The van der Waals surface area contributed by atoms with E-state index in [1.165, 1.54) is 37.7 Å². The average Bonchev–Trinajstić information content (AvgIpc) is 2.67. The Morgan fingerprint density at radius 3 is 2.31 bits per heavy atom. The van der Waals surface area contributed by atoms with Crippen LogP contribution in [-0.2, 0) is 9.47 Å². The molecule has 0 aromatic carbocycles. The van der Waals surface area contributed by atoms with Crippen LogP contribution in [-0.4, -0.2) is 64.3 Å². The summed E-state index contributed by atoms with van der Waals surface area (Å²) < 4.78 is 10.8. The molecular weight excluding hydrogens is 372 g/mol. The van der Waals surface area contributed by atoms with Crippen LogP contribution >= 0.6 is 0 Å². The van der Waals surface area contributed by atoms with Gasteiger partial charge in [0, 0.05) is 0 Å². The fourth-order valence-corrected chi connectivity index (χ4v) is 3.69. The van der Waals surface area contributed by atoms with Crippen molar-refractivity contribution in [2.45, 2.75) is 110 Å². The van der Waals surface area contributed by atoms with Crippen LogP contribution in [0.2, 0.25) is 0 Å². The molecule has 1 fully saturated rings. The number of ether oxygens (including phenoxy) is 2. The highest BCUT2D eigenvalue weighted by Gasteiger charge is 2.43. The van der Waals surface area contributed by atoms with Gasteiger partial charge in [-0.1, -0.05) is 58.1 Å². The molecule has 6 heteroatoms. The third-order valence-corrected chi connectivity index (χ3v) is 5.72. The van der Waals surface area contributed by atoms with Gasteiger partial charge in [0.25, 0.3) is 0 Å². The molecule has 1 rings (SSSR count). The first-order valence-corrected chi connectivity index (χ1v) is 11.3. The highest BCUT2D eigenvalue weighted by atomic mass is 16.7. The molecule has 1 aliphatic rings. The van der Waals surface area contributed by atoms with Gasteiger partial charge in [-0.25, -0.2) is 0 Å². The van der Waals surface area contributed by atoms with Gasteiger partial charge < -0.3 is 29.9 Å². The third kappa shape index (κ3) is 10.4. The van der Waals surface area contributed by atoms with Crippen molar-refractivity contribution in [2.24, 2.45) is 11.8 Å². The Morgan fingerprint density at radius 2 is 1.66 bits per heavy atom. The first kappa shape index (κ1) is 26.5. The van der Waals surface area contributed by atoms with Crippen LogP contribution in [0.25, 0.3) is 0 Å². The smallest absolute Gasteiger partial charge is 0.186 e. The number of hydrogen-bond donors (Lipinski definition) is 4. The van der Waals surface area contributed by atoms with Gasteiger partial charge in [0.1, 0.15) is 24.4 Å². The summed E-state index contributed by atoms with van der Waals surface area (Å²) in [5.41, 5.74) is 1.40. The molecule has 0 radical (unpaired) electrons. The van der Waals surface area contributed by atoms with Crippen LogP contribution < -0.4 is 0 Å². The predicted molar refractivity (Wildman–Crippen MR) is 114 cm³/mol. The number of allylic oxidation sites excluding steroid dienone is 2. The summed E-state index contributed by atoms with van der Waals surface area (Å²) in [5.74, 6) is 1.60. The highest BCUT2D eigenvalue weighted by molar-refractivity contribution is 4.97. The lowest BCUT2D eigenvalue weighted by atomic mass is 9.94. The Balaban J connectivity index is 2.15. The van der Waals surface area contributed by atoms with E-state index in [2.05, 4.69) is 33.8 Å². The lowest BCUT2D eigenvalue weighted by Gasteiger charge is -2.39. The molecule has 172 valence electrons. The maximum absolute atomic E-state index is 9.94. The van der Waals surface area contributed by atoms with E-state index in [9.17, 15) is 20.4 Å². The van der Waals surface area contributed by atoms with E-state index in [0.29, 0.717) is 6.61 Å². The molecule has 1 saturated heterocycles. The second kappa shape index (κ2) is 14.5. The molecule has 0 saturated carbocycles. The molecule has 0 spiro atoms. The van der Waals surface area contributed by atoms with Crippen LogP contribution in [0.4, 0.5) is 0 Å². The maximum Gasteiger partial charge on any atom is 0.186 e. The minimum atomic E-state index is -1.39. The lowest BCUT2D eigenvalue weighted by molar-refractivity contribution is -0.301. The van der Waals surface area contributed by atoms with Gasteiger partial charge in [-0.2, -0.15) is 0 Å². The molecule has 4 N–H and O–H groups in total. The minimum absolute atomic E-state index is 0.374. The average molecular weight is 417 g/mol. The molecular formula is C23H44O6. The molecule has 0 aromatic heterocycles. The van der Waals surface area contributed by atoms with Gasteiger partial charge in [0.15, 0.2) is 6.29 Å². The number of hydrogen-bond acceptors (Lipinski definition) is 6. The molecule has 6 atom stereocenters. The zero-order valence-electron chi connectivity index (χ0n) is 18.8. The van der Waals surface area contributed by atoms with E-state index in [1.54, 1.807) is 0 Å². The minimum Gasteiger partial charge on any atom is -0.394 e. The zero-order valence-corrected chi connectivity index (χ0v) is 18.8. The van der Waals surface area contributed by atoms with E-state index in [-0.39, 0.29) is 0 Å². The summed E-state index contributed by atoms with van der Waals surface area (Å²) in [6, 6.07) is 0. The summed E-state index contributed by atoms with van der Waals surface area (Å²) in [4.78, 5) is 0. The topological polar surface area (TPSA) is 99.4 Å². The highest BCUT2D eigenvalue weighted by Crippen LogP contribution is 2.22. The lowest BCUT2D eigenvalue weighted by Crippen LogP contribution is -2.59. The molecule has 6 nitrogen and oxygen atoms in total. The summed E-state index contributed by atoms with van der Waals surface area (Å²) in [5, 5.41) is 38.6. The second-order valence-electron chi connectivity index (χ2n) is 9.08.